The number of carbonyl (C=O) groups excluding carboxylic acids is 2. The number of rotatable bonds is 6. The van der Waals surface area contributed by atoms with Gasteiger partial charge in [-0.1, -0.05) is 32.3 Å². The molecule has 1 fully saturated rings. The number of benzene rings is 1. The lowest BCUT2D eigenvalue weighted by Crippen LogP contribution is -2.22. The van der Waals surface area contributed by atoms with Gasteiger partial charge in [0.05, 0.1) is 11.0 Å². The van der Waals surface area contributed by atoms with Gasteiger partial charge in [-0.25, -0.2) is 4.98 Å². The van der Waals surface area contributed by atoms with E-state index in [2.05, 4.69) is 4.98 Å². The molecule has 1 aliphatic carbocycles. The summed E-state index contributed by atoms with van der Waals surface area (Å²) in [6, 6.07) is 5.84. The molecule has 1 saturated carbocycles. The smallest absolute Gasteiger partial charge is 0.219 e. The zero-order valence-electron chi connectivity index (χ0n) is 14.7. The first kappa shape index (κ1) is 17.5. The molecular formula is C19H26N4O2. The van der Waals surface area contributed by atoms with E-state index in [1.165, 1.54) is 6.42 Å². The van der Waals surface area contributed by atoms with E-state index in [-0.39, 0.29) is 24.2 Å². The molecule has 3 rings (SSSR count). The zero-order chi connectivity index (χ0) is 18.0. The van der Waals surface area contributed by atoms with Crippen molar-refractivity contribution in [3.8, 4) is 0 Å². The largest absolute Gasteiger partial charge is 0.370 e. The molecule has 6 heteroatoms. The fourth-order valence-corrected chi connectivity index (χ4v) is 3.80. The molecule has 0 spiro atoms. The number of hydrogen-bond donors (Lipinski definition) is 2. The average Bonchev–Trinajstić information content (AvgIpc) is 2.93. The van der Waals surface area contributed by atoms with E-state index in [0.29, 0.717) is 18.3 Å². The van der Waals surface area contributed by atoms with Crippen molar-refractivity contribution in [3.05, 3.63) is 23.8 Å². The number of anilines is 1. The molecule has 1 atom stereocenters. The van der Waals surface area contributed by atoms with Crippen LogP contribution >= 0.6 is 0 Å². The predicted octanol–water partition coefficient (Wildman–Crippen LogP) is 2.75. The van der Waals surface area contributed by atoms with E-state index in [0.717, 1.165) is 42.3 Å². The van der Waals surface area contributed by atoms with E-state index in [9.17, 15) is 9.59 Å². The third-order valence-electron chi connectivity index (χ3n) is 5.32. The Hall–Kier alpha value is -2.37. The second-order valence-corrected chi connectivity index (χ2v) is 7.05. The van der Waals surface area contributed by atoms with Gasteiger partial charge in [0.1, 0.15) is 5.78 Å². The molecule has 4 N–H and O–H groups in total. The molecular weight excluding hydrogens is 316 g/mol. The number of amides is 1. The Labute approximate surface area is 147 Å². The first-order valence-corrected chi connectivity index (χ1v) is 9.05. The summed E-state index contributed by atoms with van der Waals surface area (Å²) in [7, 11) is 0. The molecule has 25 heavy (non-hydrogen) atoms. The number of nitrogen functional groups attached to an aromatic ring is 1. The molecule has 134 valence electrons. The lowest BCUT2D eigenvalue weighted by molar-refractivity contribution is -0.125. The van der Waals surface area contributed by atoms with Crippen LogP contribution in [0.5, 0.6) is 0 Å². The van der Waals surface area contributed by atoms with Gasteiger partial charge >= 0.3 is 0 Å². The highest BCUT2D eigenvalue weighted by Crippen LogP contribution is 2.31. The van der Waals surface area contributed by atoms with Crippen LogP contribution in [-0.4, -0.2) is 21.2 Å². The van der Waals surface area contributed by atoms with Crippen molar-refractivity contribution in [3.63, 3.8) is 0 Å². The maximum atomic E-state index is 12.8. The van der Waals surface area contributed by atoms with Crippen LogP contribution in [-0.2, 0) is 16.1 Å². The van der Waals surface area contributed by atoms with Crippen molar-refractivity contribution in [1.82, 2.24) is 9.55 Å². The molecule has 2 aromatic rings. The highest BCUT2D eigenvalue weighted by molar-refractivity contribution is 5.89. The zero-order valence-corrected chi connectivity index (χ0v) is 14.7. The fourth-order valence-electron chi connectivity index (χ4n) is 3.80. The quantitative estimate of drug-likeness (QED) is 0.842. The van der Waals surface area contributed by atoms with Crippen LogP contribution in [0.1, 0.15) is 56.9 Å². The van der Waals surface area contributed by atoms with Gasteiger partial charge in [0.25, 0.3) is 0 Å². The normalized spacial score (nSPS) is 16.8. The number of nitrogens with zero attached hydrogens (tertiary/aromatic N) is 2. The SMILES string of the molecule is CC(C(=O)C1CCCCC1)c1ccc2c(c1)nc(N)n2CCC(N)=O. The standard InChI is InChI=1S/C19H26N4O2/c1-12(18(25)13-5-3-2-4-6-13)14-7-8-16-15(11-14)22-19(21)23(16)10-9-17(20)24/h7-8,11-13H,2-6,9-10H2,1H3,(H2,20,24)(H2,21,22). The molecule has 0 aliphatic heterocycles. The summed E-state index contributed by atoms with van der Waals surface area (Å²) in [6.45, 7) is 2.39. The molecule has 1 aromatic heterocycles. The summed E-state index contributed by atoms with van der Waals surface area (Å²) in [5.74, 6) is 0.381. The molecule has 0 bridgehead atoms. The van der Waals surface area contributed by atoms with Gasteiger partial charge in [0, 0.05) is 24.8 Å². The Morgan fingerprint density at radius 1 is 1.28 bits per heavy atom. The van der Waals surface area contributed by atoms with Crippen LogP contribution in [0.25, 0.3) is 11.0 Å². The number of imidazole rings is 1. The minimum Gasteiger partial charge on any atom is -0.370 e. The molecule has 0 saturated heterocycles. The number of Topliss-reactive ketones (excluding diaryl/α,β-unsaturated/α-hetero) is 1. The summed E-state index contributed by atoms with van der Waals surface area (Å²) in [5, 5.41) is 0. The minimum atomic E-state index is -0.371. The first-order chi connectivity index (χ1) is 12.0. The Kier molecular flexibility index (Phi) is 5.06. The average molecular weight is 342 g/mol. The van der Waals surface area contributed by atoms with Crippen molar-refractivity contribution in [2.45, 2.75) is 57.9 Å². The Morgan fingerprint density at radius 2 is 2.00 bits per heavy atom. The Morgan fingerprint density at radius 3 is 2.68 bits per heavy atom. The van der Waals surface area contributed by atoms with Crippen molar-refractivity contribution in [1.29, 1.82) is 0 Å². The van der Waals surface area contributed by atoms with Gasteiger partial charge in [0.15, 0.2) is 0 Å². The van der Waals surface area contributed by atoms with Gasteiger partial charge in [-0.15, -0.1) is 0 Å². The highest BCUT2D eigenvalue weighted by atomic mass is 16.1. The van der Waals surface area contributed by atoms with E-state index in [1.807, 2.05) is 25.1 Å². The summed E-state index contributed by atoms with van der Waals surface area (Å²) in [5.41, 5.74) is 13.8. The Balaban J connectivity index is 1.83. The number of aryl methyl sites for hydroxylation is 1. The van der Waals surface area contributed by atoms with Gasteiger partial charge in [-0.3, -0.25) is 9.59 Å². The molecule has 1 heterocycles. The van der Waals surface area contributed by atoms with Gasteiger partial charge in [-0.2, -0.15) is 0 Å². The van der Waals surface area contributed by atoms with E-state index in [1.54, 1.807) is 4.57 Å². The van der Waals surface area contributed by atoms with Crippen LogP contribution in [0.15, 0.2) is 18.2 Å². The lowest BCUT2D eigenvalue weighted by atomic mass is 9.80. The van der Waals surface area contributed by atoms with Gasteiger partial charge in [0.2, 0.25) is 11.9 Å². The Bertz CT molecular complexity index is 790. The van der Waals surface area contributed by atoms with E-state index >= 15 is 0 Å². The van der Waals surface area contributed by atoms with Gasteiger partial charge in [-0.05, 0) is 30.5 Å². The fraction of sp³-hybridized carbons (Fsp3) is 0.526. The monoisotopic (exact) mass is 342 g/mol. The van der Waals surface area contributed by atoms with E-state index in [4.69, 9.17) is 11.5 Å². The summed E-state index contributed by atoms with van der Waals surface area (Å²) < 4.78 is 1.79. The second kappa shape index (κ2) is 7.25. The first-order valence-electron chi connectivity index (χ1n) is 9.05. The van der Waals surface area contributed by atoms with Crippen LogP contribution < -0.4 is 11.5 Å². The van der Waals surface area contributed by atoms with Crippen molar-refractivity contribution in [2.75, 3.05) is 5.73 Å². The lowest BCUT2D eigenvalue weighted by Gasteiger charge is -2.23. The highest BCUT2D eigenvalue weighted by Gasteiger charge is 2.26. The van der Waals surface area contributed by atoms with E-state index < -0.39 is 0 Å². The predicted molar refractivity (Wildman–Crippen MR) is 98.0 cm³/mol. The number of primary amides is 1. The topological polar surface area (TPSA) is 104 Å². The second-order valence-electron chi connectivity index (χ2n) is 7.05. The van der Waals surface area contributed by atoms with Crippen molar-refractivity contribution >= 4 is 28.7 Å². The molecule has 1 aliphatic rings. The number of fused-ring (bicyclic) bond motifs is 1. The van der Waals surface area contributed by atoms with Gasteiger partial charge < -0.3 is 16.0 Å². The molecule has 1 aromatic carbocycles. The summed E-state index contributed by atoms with van der Waals surface area (Å²) in [4.78, 5) is 28.2. The third-order valence-corrected chi connectivity index (χ3v) is 5.32. The number of carbonyl (C=O) groups is 2. The van der Waals surface area contributed by atoms with Crippen LogP contribution in [0.3, 0.4) is 0 Å². The van der Waals surface area contributed by atoms with Crippen LogP contribution in [0.2, 0.25) is 0 Å². The van der Waals surface area contributed by atoms with Crippen LogP contribution in [0, 0.1) is 5.92 Å². The minimum absolute atomic E-state index is 0.135. The maximum Gasteiger partial charge on any atom is 0.219 e. The van der Waals surface area contributed by atoms with Crippen molar-refractivity contribution < 1.29 is 9.59 Å². The summed E-state index contributed by atoms with van der Waals surface area (Å²) >= 11 is 0. The van der Waals surface area contributed by atoms with Crippen molar-refractivity contribution in [2.24, 2.45) is 11.7 Å². The molecule has 1 unspecified atom stereocenters. The third kappa shape index (κ3) is 3.67. The van der Waals surface area contributed by atoms with Crippen LogP contribution in [0.4, 0.5) is 5.95 Å². The molecule has 1 amide bonds. The summed E-state index contributed by atoms with van der Waals surface area (Å²) in [6.07, 6.45) is 5.80. The molecule has 0 radical (unpaired) electrons. The molecule has 6 nitrogen and oxygen atoms in total. The number of nitrogens with two attached hydrogens (primary N) is 2. The number of ketones is 1. The number of hydrogen-bond acceptors (Lipinski definition) is 4. The maximum absolute atomic E-state index is 12.8. The number of aromatic nitrogens is 2.